The van der Waals surface area contributed by atoms with Gasteiger partial charge in [0.1, 0.15) is 0 Å². The molecule has 1 unspecified atom stereocenters. The fourth-order valence-corrected chi connectivity index (χ4v) is 2.00. The van der Waals surface area contributed by atoms with Gasteiger partial charge in [-0.05, 0) is 33.4 Å². The maximum absolute atomic E-state index is 5.68. The molecule has 20 heavy (non-hydrogen) atoms. The molecule has 0 fully saturated rings. The SMILES string of the molecule is CCOc1nc(N)nc(NC(CC(C)C)CN(C)C)n1. The van der Waals surface area contributed by atoms with Gasteiger partial charge in [-0.25, -0.2) is 0 Å². The number of aromatic nitrogens is 3. The number of ether oxygens (including phenoxy) is 1. The van der Waals surface area contributed by atoms with E-state index in [0.29, 0.717) is 18.5 Å². The third-order valence-electron chi connectivity index (χ3n) is 2.58. The summed E-state index contributed by atoms with van der Waals surface area (Å²) in [6.45, 7) is 7.65. The minimum Gasteiger partial charge on any atom is -0.464 e. The summed E-state index contributed by atoms with van der Waals surface area (Å²) in [6.07, 6.45) is 1.02. The van der Waals surface area contributed by atoms with Gasteiger partial charge in [-0.3, -0.25) is 0 Å². The van der Waals surface area contributed by atoms with E-state index in [0.717, 1.165) is 13.0 Å². The zero-order chi connectivity index (χ0) is 15.1. The molecule has 0 spiro atoms. The van der Waals surface area contributed by atoms with Gasteiger partial charge in [-0.1, -0.05) is 13.8 Å². The summed E-state index contributed by atoms with van der Waals surface area (Å²) < 4.78 is 5.28. The topological polar surface area (TPSA) is 89.2 Å². The van der Waals surface area contributed by atoms with Gasteiger partial charge in [-0.2, -0.15) is 15.0 Å². The quantitative estimate of drug-likeness (QED) is 0.741. The van der Waals surface area contributed by atoms with E-state index >= 15 is 0 Å². The summed E-state index contributed by atoms with van der Waals surface area (Å²) in [5.41, 5.74) is 5.68. The number of hydrogen-bond acceptors (Lipinski definition) is 7. The van der Waals surface area contributed by atoms with Crippen LogP contribution in [0.1, 0.15) is 27.2 Å². The van der Waals surface area contributed by atoms with Gasteiger partial charge >= 0.3 is 6.01 Å². The highest BCUT2D eigenvalue weighted by Gasteiger charge is 2.14. The van der Waals surface area contributed by atoms with Gasteiger partial charge in [0, 0.05) is 12.6 Å². The highest BCUT2D eigenvalue weighted by atomic mass is 16.5. The number of nitrogens with one attached hydrogen (secondary N) is 1. The van der Waals surface area contributed by atoms with Crippen molar-refractivity contribution in [2.45, 2.75) is 33.2 Å². The van der Waals surface area contributed by atoms with E-state index in [1.807, 2.05) is 21.0 Å². The molecule has 7 nitrogen and oxygen atoms in total. The lowest BCUT2D eigenvalue weighted by atomic mass is 10.0. The molecule has 114 valence electrons. The van der Waals surface area contributed by atoms with E-state index < -0.39 is 0 Å². The van der Waals surface area contributed by atoms with E-state index in [4.69, 9.17) is 10.5 Å². The van der Waals surface area contributed by atoms with Gasteiger partial charge in [0.2, 0.25) is 11.9 Å². The number of nitrogens with zero attached hydrogens (tertiary/aromatic N) is 4. The minimum absolute atomic E-state index is 0.166. The number of likely N-dealkylation sites (N-methyl/N-ethyl adjacent to an activating group) is 1. The van der Waals surface area contributed by atoms with E-state index in [2.05, 4.69) is 39.0 Å². The maximum atomic E-state index is 5.68. The number of anilines is 2. The smallest absolute Gasteiger partial charge is 0.323 e. The molecule has 0 aliphatic rings. The van der Waals surface area contributed by atoms with Crippen LogP contribution in [0, 0.1) is 5.92 Å². The monoisotopic (exact) mass is 282 g/mol. The zero-order valence-corrected chi connectivity index (χ0v) is 13.1. The molecule has 1 atom stereocenters. The van der Waals surface area contributed by atoms with Crippen molar-refractivity contribution in [1.29, 1.82) is 0 Å². The molecule has 1 rings (SSSR count). The average molecular weight is 282 g/mol. The maximum Gasteiger partial charge on any atom is 0.323 e. The van der Waals surface area contributed by atoms with Gasteiger partial charge in [0.25, 0.3) is 0 Å². The second-order valence-electron chi connectivity index (χ2n) is 5.47. The van der Waals surface area contributed by atoms with Crippen molar-refractivity contribution in [1.82, 2.24) is 19.9 Å². The number of hydrogen-bond donors (Lipinski definition) is 2. The molecule has 0 bridgehead atoms. The molecule has 1 aromatic rings. The highest BCUT2D eigenvalue weighted by molar-refractivity contribution is 5.33. The minimum atomic E-state index is 0.166. The molecular weight excluding hydrogens is 256 g/mol. The molecule has 0 aliphatic carbocycles. The lowest BCUT2D eigenvalue weighted by molar-refractivity contribution is 0.312. The van der Waals surface area contributed by atoms with E-state index in [1.165, 1.54) is 0 Å². The van der Waals surface area contributed by atoms with Crippen LogP contribution in [0.2, 0.25) is 0 Å². The fraction of sp³-hybridized carbons (Fsp3) is 0.769. The predicted molar refractivity (Wildman–Crippen MR) is 80.8 cm³/mol. The Morgan fingerprint density at radius 1 is 1.25 bits per heavy atom. The van der Waals surface area contributed by atoms with E-state index in [9.17, 15) is 0 Å². The second-order valence-corrected chi connectivity index (χ2v) is 5.47. The van der Waals surface area contributed by atoms with E-state index in [1.54, 1.807) is 0 Å². The molecule has 1 aromatic heterocycles. The lowest BCUT2D eigenvalue weighted by Crippen LogP contribution is -2.34. The number of rotatable bonds is 8. The summed E-state index contributed by atoms with van der Waals surface area (Å²) in [4.78, 5) is 14.4. The predicted octanol–water partition coefficient (Wildman–Crippen LogP) is 1.24. The number of nitrogens with two attached hydrogens (primary N) is 1. The van der Waals surface area contributed by atoms with Crippen molar-refractivity contribution in [3.05, 3.63) is 0 Å². The summed E-state index contributed by atoms with van der Waals surface area (Å²) in [7, 11) is 4.09. The molecular formula is C13H26N6O. The molecule has 1 heterocycles. The molecule has 0 saturated carbocycles. The molecule has 0 aliphatic heterocycles. The summed E-state index contributed by atoms with van der Waals surface area (Å²) in [5.74, 6) is 1.21. The molecule has 3 N–H and O–H groups in total. The van der Waals surface area contributed by atoms with Crippen LogP contribution >= 0.6 is 0 Å². The number of nitrogen functional groups attached to an aromatic ring is 1. The third kappa shape index (κ3) is 6.01. The Kier molecular flexibility index (Phi) is 6.44. The first-order valence-corrected chi connectivity index (χ1v) is 6.96. The molecule has 0 amide bonds. The van der Waals surface area contributed by atoms with Crippen molar-refractivity contribution >= 4 is 11.9 Å². The Hall–Kier alpha value is -1.63. The Balaban J connectivity index is 2.80. The Morgan fingerprint density at radius 3 is 2.50 bits per heavy atom. The summed E-state index contributed by atoms with van der Waals surface area (Å²) >= 11 is 0. The van der Waals surface area contributed by atoms with Gasteiger partial charge in [0.05, 0.1) is 6.61 Å². The fourth-order valence-electron chi connectivity index (χ4n) is 2.00. The van der Waals surface area contributed by atoms with Gasteiger partial charge < -0.3 is 20.7 Å². The summed E-state index contributed by atoms with van der Waals surface area (Å²) in [6, 6.07) is 0.511. The van der Waals surface area contributed by atoms with Crippen LogP contribution in [0.25, 0.3) is 0 Å². The third-order valence-corrected chi connectivity index (χ3v) is 2.58. The van der Waals surface area contributed by atoms with Crippen molar-refractivity contribution in [3.63, 3.8) is 0 Å². The van der Waals surface area contributed by atoms with Crippen LogP contribution in [-0.4, -0.2) is 53.1 Å². The first-order chi connectivity index (χ1) is 9.40. The highest BCUT2D eigenvalue weighted by Crippen LogP contribution is 2.13. The van der Waals surface area contributed by atoms with Crippen LogP contribution in [-0.2, 0) is 0 Å². The lowest BCUT2D eigenvalue weighted by Gasteiger charge is -2.24. The Labute approximate surface area is 121 Å². The largest absolute Gasteiger partial charge is 0.464 e. The average Bonchev–Trinajstić information content (AvgIpc) is 2.26. The molecule has 0 radical (unpaired) electrons. The molecule has 7 heteroatoms. The second kappa shape index (κ2) is 7.84. The van der Waals surface area contributed by atoms with Crippen molar-refractivity contribution in [2.24, 2.45) is 5.92 Å². The standard InChI is InChI=1S/C13H26N6O/c1-6-20-13-17-11(14)16-12(18-13)15-10(7-9(2)3)8-19(4)5/h9-10H,6-8H2,1-5H3,(H3,14,15,16,17,18). The Bertz CT molecular complexity index is 400. The van der Waals surface area contributed by atoms with Crippen molar-refractivity contribution in [2.75, 3.05) is 38.3 Å². The van der Waals surface area contributed by atoms with E-state index in [-0.39, 0.29) is 18.0 Å². The zero-order valence-electron chi connectivity index (χ0n) is 13.1. The van der Waals surface area contributed by atoms with Crippen LogP contribution in [0.4, 0.5) is 11.9 Å². The van der Waals surface area contributed by atoms with Gasteiger partial charge in [0.15, 0.2) is 0 Å². The molecule has 0 saturated heterocycles. The van der Waals surface area contributed by atoms with Crippen molar-refractivity contribution < 1.29 is 4.74 Å². The van der Waals surface area contributed by atoms with Crippen LogP contribution in [0.3, 0.4) is 0 Å². The Morgan fingerprint density at radius 2 is 1.95 bits per heavy atom. The van der Waals surface area contributed by atoms with Crippen molar-refractivity contribution in [3.8, 4) is 6.01 Å². The van der Waals surface area contributed by atoms with Gasteiger partial charge in [-0.15, -0.1) is 0 Å². The first kappa shape index (κ1) is 16.4. The normalized spacial score (nSPS) is 12.8. The molecule has 0 aromatic carbocycles. The first-order valence-electron chi connectivity index (χ1n) is 6.96. The van der Waals surface area contributed by atoms with Crippen LogP contribution in [0.15, 0.2) is 0 Å². The summed E-state index contributed by atoms with van der Waals surface area (Å²) in [5, 5.41) is 3.32. The van der Waals surface area contributed by atoms with Crippen LogP contribution in [0.5, 0.6) is 6.01 Å². The van der Waals surface area contributed by atoms with Crippen LogP contribution < -0.4 is 15.8 Å².